The van der Waals surface area contributed by atoms with Crippen molar-refractivity contribution < 1.29 is 4.39 Å². The highest BCUT2D eigenvalue weighted by Crippen LogP contribution is 2.29. The quantitative estimate of drug-likeness (QED) is 0.466. The van der Waals surface area contributed by atoms with Gasteiger partial charge in [0.2, 0.25) is 0 Å². The Morgan fingerprint density at radius 2 is 1.96 bits per heavy atom. The van der Waals surface area contributed by atoms with Crippen LogP contribution < -0.4 is 5.69 Å². The molecular formula is C20H12ClFN4OS. The minimum absolute atomic E-state index is 0.0145. The summed E-state index contributed by atoms with van der Waals surface area (Å²) in [4.78, 5) is 13.2. The van der Waals surface area contributed by atoms with Crippen molar-refractivity contribution in [3.8, 4) is 11.8 Å². The molecule has 8 heteroatoms. The van der Waals surface area contributed by atoms with Crippen molar-refractivity contribution in [2.24, 2.45) is 0 Å². The number of nitrogens with zero attached hydrogens (tertiary/aromatic N) is 4. The zero-order chi connectivity index (χ0) is 19.7. The minimum atomic E-state index is -0.697. The van der Waals surface area contributed by atoms with E-state index in [2.05, 4.69) is 5.10 Å². The van der Waals surface area contributed by atoms with Gasteiger partial charge >= 0.3 is 5.69 Å². The average molecular weight is 411 g/mol. The van der Waals surface area contributed by atoms with Crippen molar-refractivity contribution >= 4 is 29.0 Å². The van der Waals surface area contributed by atoms with Gasteiger partial charge in [-0.2, -0.15) is 9.94 Å². The van der Waals surface area contributed by atoms with E-state index >= 15 is 0 Å². The Bertz CT molecular complexity index is 1280. The lowest BCUT2D eigenvalue weighted by Gasteiger charge is -2.08. The number of halogens is 2. The van der Waals surface area contributed by atoms with Gasteiger partial charge in [-0.05, 0) is 29.8 Å². The van der Waals surface area contributed by atoms with E-state index in [4.69, 9.17) is 11.6 Å². The summed E-state index contributed by atoms with van der Waals surface area (Å²) in [6.07, 6.45) is 1.43. The Balaban J connectivity index is 1.79. The fourth-order valence-corrected chi connectivity index (χ4v) is 3.88. The van der Waals surface area contributed by atoms with Crippen LogP contribution in [-0.4, -0.2) is 14.2 Å². The van der Waals surface area contributed by atoms with Crippen LogP contribution >= 0.6 is 23.4 Å². The Kier molecular flexibility index (Phi) is 4.90. The minimum Gasteiger partial charge on any atom is -0.248 e. The number of thioether (sulfide) groups is 1. The van der Waals surface area contributed by atoms with Crippen molar-refractivity contribution in [2.75, 3.05) is 0 Å². The molecule has 0 N–H and O–H groups in total. The molecule has 2 heterocycles. The molecule has 0 spiro atoms. The van der Waals surface area contributed by atoms with Crippen LogP contribution in [0.25, 0.3) is 11.3 Å². The molecule has 0 atom stereocenters. The number of benzene rings is 2. The Morgan fingerprint density at radius 1 is 1.18 bits per heavy atom. The van der Waals surface area contributed by atoms with E-state index < -0.39 is 11.5 Å². The zero-order valence-corrected chi connectivity index (χ0v) is 15.9. The van der Waals surface area contributed by atoms with Gasteiger partial charge in [0.15, 0.2) is 5.65 Å². The third-order valence-electron chi connectivity index (χ3n) is 4.12. The first-order chi connectivity index (χ1) is 13.6. The molecule has 0 unspecified atom stereocenters. The number of rotatable bonds is 4. The van der Waals surface area contributed by atoms with Crippen LogP contribution in [0.1, 0.15) is 11.1 Å². The first kappa shape index (κ1) is 18.3. The third-order valence-corrected chi connectivity index (χ3v) is 5.47. The maximum atomic E-state index is 14.7. The van der Waals surface area contributed by atoms with Gasteiger partial charge in [0, 0.05) is 16.8 Å². The van der Waals surface area contributed by atoms with Gasteiger partial charge < -0.3 is 0 Å². The number of hydrogen-bond donors (Lipinski definition) is 0. The molecule has 0 aliphatic rings. The second kappa shape index (κ2) is 7.50. The summed E-state index contributed by atoms with van der Waals surface area (Å²) < 4.78 is 16.9. The van der Waals surface area contributed by atoms with Crippen molar-refractivity contribution in [2.45, 2.75) is 10.6 Å². The van der Waals surface area contributed by atoms with Gasteiger partial charge in [-0.25, -0.2) is 13.6 Å². The van der Waals surface area contributed by atoms with Crippen molar-refractivity contribution in [3.63, 3.8) is 0 Å². The van der Waals surface area contributed by atoms with Gasteiger partial charge in [0.25, 0.3) is 0 Å². The van der Waals surface area contributed by atoms with E-state index in [-0.39, 0.29) is 11.3 Å². The molecule has 138 valence electrons. The summed E-state index contributed by atoms with van der Waals surface area (Å²) in [5.41, 5.74) is 1.07. The highest BCUT2D eigenvalue weighted by Gasteiger charge is 2.17. The summed E-state index contributed by atoms with van der Waals surface area (Å²) in [7, 11) is 0. The van der Waals surface area contributed by atoms with Crippen LogP contribution in [0.15, 0.2) is 70.5 Å². The molecule has 0 fully saturated rings. The SMILES string of the molecule is N#Cc1cc(F)c(-n2nc3ccc(Cl)cn3c2=O)cc1SCc1ccccc1. The predicted molar refractivity (Wildman–Crippen MR) is 106 cm³/mol. The molecule has 4 aromatic rings. The molecule has 2 aromatic carbocycles. The van der Waals surface area contributed by atoms with E-state index in [9.17, 15) is 14.4 Å². The topological polar surface area (TPSA) is 63.1 Å². The molecule has 0 aliphatic heterocycles. The van der Waals surface area contributed by atoms with Crippen LogP contribution in [0.4, 0.5) is 4.39 Å². The van der Waals surface area contributed by atoms with Crippen LogP contribution in [0, 0.1) is 17.1 Å². The third kappa shape index (κ3) is 3.40. The first-order valence-corrected chi connectivity index (χ1v) is 9.61. The summed E-state index contributed by atoms with van der Waals surface area (Å²) in [6, 6.07) is 17.5. The van der Waals surface area contributed by atoms with Crippen LogP contribution in [0.5, 0.6) is 0 Å². The lowest BCUT2D eigenvalue weighted by Crippen LogP contribution is -2.20. The van der Waals surface area contributed by atoms with E-state index in [1.807, 2.05) is 36.4 Å². The van der Waals surface area contributed by atoms with Gasteiger partial charge in [0.1, 0.15) is 17.6 Å². The maximum Gasteiger partial charge on any atom is 0.355 e. The molecule has 0 radical (unpaired) electrons. The van der Waals surface area contributed by atoms with Crippen LogP contribution in [0.3, 0.4) is 0 Å². The van der Waals surface area contributed by atoms with Crippen LogP contribution in [-0.2, 0) is 5.75 Å². The van der Waals surface area contributed by atoms with Gasteiger partial charge in [-0.3, -0.25) is 0 Å². The molecule has 2 aromatic heterocycles. The number of hydrogen-bond acceptors (Lipinski definition) is 4. The maximum absolute atomic E-state index is 14.7. The highest BCUT2D eigenvalue weighted by molar-refractivity contribution is 7.98. The number of fused-ring (bicyclic) bond motifs is 1. The molecule has 4 rings (SSSR count). The average Bonchev–Trinajstić information content (AvgIpc) is 3.03. The molecule has 0 aliphatic carbocycles. The van der Waals surface area contributed by atoms with Crippen molar-refractivity contribution in [1.29, 1.82) is 5.26 Å². The van der Waals surface area contributed by atoms with Gasteiger partial charge in [0.05, 0.1) is 10.6 Å². The Labute approximate surface area is 168 Å². The monoisotopic (exact) mass is 410 g/mol. The molecule has 0 bridgehead atoms. The number of pyridine rings is 1. The number of aromatic nitrogens is 3. The zero-order valence-electron chi connectivity index (χ0n) is 14.3. The summed E-state index contributed by atoms with van der Waals surface area (Å²) in [5, 5.41) is 13.9. The highest BCUT2D eigenvalue weighted by atomic mass is 35.5. The normalized spacial score (nSPS) is 10.9. The van der Waals surface area contributed by atoms with Crippen molar-refractivity contribution in [1.82, 2.24) is 14.2 Å². The van der Waals surface area contributed by atoms with Gasteiger partial charge in [-0.1, -0.05) is 41.9 Å². The molecule has 5 nitrogen and oxygen atoms in total. The summed E-state index contributed by atoms with van der Waals surface area (Å²) in [6.45, 7) is 0. The first-order valence-electron chi connectivity index (χ1n) is 8.24. The fourth-order valence-electron chi connectivity index (χ4n) is 2.75. The summed E-state index contributed by atoms with van der Waals surface area (Å²) >= 11 is 7.33. The largest absolute Gasteiger partial charge is 0.355 e. The fraction of sp³-hybridized carbons (Fsp3) is 0.0500. The smallest absolute Gasteiger partial charge is 0.248 e. The molecular weight excluding hydrogens is 399 g/mol. The molecule has 28 heavy (non-hydrogen) atoms. The van der Waals surface area contributed by atoms with Crippen molar-refractivity contribution in [3.05, 3.63) is 93.2 Å². The Morgan fingerprint density at radius 3 is 2.71 bits per heavy atom. The predicted octanol–water partition coefficient (Wildman–Crippen LogP) is 4.44. The Hall–Kier alpha value is -3.08. The van der Waals surface area contributed by atoms with E-state index in [1.54, 1.807) is 12.1 Å². The van der Waals surface area contributed by atoms with Crippen LogP contribution in [0.2, 0.25) is 5.02 Å². The van der Waals surface area contributed by atoms with E-state index in [0.29, 0.717) is 21.3 Å². The lowest BCUT2D eigenvalue weighted by molar-refractivity contribution is 0.605. The summed E-state index contributed by atoms with van der Waals surface area (Å²) in [5.74, 6) is -0.0896. The lowest BCUT2D eigenvalue weighted by atomic mass is 10.2. The second-order valence-corrected chi connectivity index (χ2v) is 7.41. The van der Waals surface area contributed by atoms with Gasteiger partial charge in [-0.15, -0.1) is 16.9 Å². The molecule has 0 amide bonds. The second-order valence-electron chi connectivity index (χ2n) is 5.96. The van der Waals surface area contributed by atoms with E-state index in [1.165, 1.54) is 28.4 Å². The molecule has 0 saturated heterocycles. The standard InChI is InChI=1S/C20H12ClFN4OS/c21-15-6-7-19-24-26(20(27)25(19)11-15)17-9-18(14(10-23)8-16(17)22)28-12-13-4-2-1-3-5-13/h1-9,11H,12H2. The number of nitriles is 1. The van der Waals surface area contributed by atoms with E-state index in [0.717, 1.165) is 16.3 Å². The molecule has 0 saturated carbocycles.